The maximum atomic E-state index is 14.7. The summed E-state index contributed by atoms with van der Waals surface area (Å²) in [5.41, 5.74) is -9.96. The van der Waals surface area contributed by atoms with Gasteiger partial charge in [-0.2, -0.15) is 39.5 Å². The second kappa shape index (κ2) is 6.66. The Kier molecular flexibility index (Phi) is 5.24. The zero-order chi connectivity index (χ0) is 21.7. The fraction of sp³-hybridized carbons (Fsp3) is 0.333. The molecule has 0 amide bonds. The van der Waals surface area contributed by atoms with Crippen LogP contribution in [0.1, 0.15) is 22.3 Å². The summed E-state index contributed by atoms with van der Waals surface area (Å²) >= 11 is 0. The van der Waals surface area contributed by atoms with Crippen LogP contribution in [0, 0.1) is 13.8 Å². The average molecular weight is 418 g/mol. The molecule has 0 aliphatic heterocycles. The van der Waals surface area contributed by atoms with Gasteiger partial charge in [0.2, 0.25) is 0 Å². The van der Waals surface area contributed by atoms with E-state index >= 15 is 0 Å². The van der Waals surface area contributed by atoms with E-state index in [0.717, 1.165) is 6.92 Å². The van der Waals surface area contributed by atoms with Crippen LogP contribution < -0.4 is 0 Å². The first kappa shape index (κ1) is 22.0. The summed E-state index contributed by atoms with van der Waals surface area (Å²) in [6.07, 6.45) is -17.4. The Labute approximate surface area is 152 Å². The van der Waals surface area contributed by atoms with Crippen LogP contribution in [0.2, 0.25) is 0 Å². The summed E-state index contributed by atoms with van der Waals surface area (Å²) in [5.74, 6) is 0. The molecule has 0 saturated heterocycles. The maximum absolute atomic E-state index is 14.7. The maximum Gasteiger partial charge on any atom is 0.435 e. The molecule has 28 heavy (non-hydrogen) atoms. The molecule has 0 bridgehead atoms. The third-order valence-electron chi connectivity index (χ3n) is 4.13. The normalized spacial score (nSPS) is 13.7. The largest absolute Gasteiger partial charge is 0.435 e. The molecule has 2 aromatic rings. The van der Waals surface area contributed by atoms with Gasteiger partial charge in [-0.05, 0) is 42.7 Å². The van der Waals surface area contributed by atoms with Crippen molar-refractivity contribution in [1.82, 2.24) is 0 Å². The lowest BCUT2D eigenvalue weighted by molar-refractivity contribution is -0.348. The van der Waals surface area contributed by atoms with Crippen molar-refractivity contribution >= 4 is 0 Å². The molecule has 0 atom stereocenters. The number of hydrogen-bond donors (Lipinski definition) is 0. The van der Waals surface area contributed by atoms with E-state index in [1.807, 2.05) is 0 Å². The number of halogens is 10. The van der Waals surface area contributed by atoms with Crippen molar-refractivity contribution in [3.63, 3.8) is 0 Å². The van der Waals surface area contributed by atoms with Crippen LogP contribution in [0.3, 0.4) is 0 Å². The van der Waals surface area contributed by atoms with Crippen molar-refractivity contribution in [2.75, 3.05) is 0 Å². The topological polar surface area (TPSA) is 0 Å². The van der Waals surface area contributed by atoms with Gasteiger partial charge in [-0.15, -0.1) is 0 Å². The Hall–Kier alpha value is -2.26. The highest BCUT2D eigenvalue weighted by Gasteiger charge is 2.74. The van der Waals surface area contributed by atoms with Crippen LogP contribution in [0.4, 0.5) is 43.9 Å². The summed E-state index contributed by atoms with van der Waals surface area (Å²) in [5, 5.41) is 0. The Bertz CT molecular complexity index is 840. The predicted molar refractivity (Wildman–Crippen MR) is 81.3 cm³/mol. The molecule has 0 spiro atoms. The van der Waals surface area contributed by atoms with Gasteiger partial charge in [0.1, 0.15) is 0 Å². The highest BCUT2D eigenvalue weighted by molar-refractivity contribution is 5.73. The molecular weight excluding hydrogens is 406 g/mol. The lowest BCUT2D eigenvalue weighted by Crippen LogP contribution is -2.50. The third kappa shape index (κ3) is 3.68. The summed E-state index contributed by atoms with van der Waals surface area (Å²) < 4.78 is 132. The van der Waals surface area contributed by atoms with E-state index in [-0.39, 0.29) is 11.1 Å². The fourth-order valence-electron chi connectivity index (χ4n) is 2.91. The molecular formula is C18H12F10. The van der Waals surface area contributed by atoms with Gasteiger partial charge in [0, 0.05) is 5.56 Å². The number of rotatable bonds is 2. The van der Waals surface area contributed by atoms with Crippen molar-refractivity contribution in [1.29, 1.82) is 0 Å². The Morgan fingerprint density at radius 2 is 1.11 bits per heavy atom. The van der Waals surface area contributed by atoms with Gasteiger partial charge >= 0.3 is 24.2 Å². The molecule has 154 valence electrons. The average Bonchev–Trinajstić information content (AvgIpc) is 2.50. The van der Waals surface area contributed by atoms with Crippen molar-refractivity contribution in [2.45, 2.75) is 38.0 Å². The lowest BCUT2D eigenvalue weighted by atomic mass is 9.83. The van der Waals surface area contributed by atoms with Crippen molar-refractivity contribution < 1.29 is 43.9 Å². The van der Waals surface area contributed by atoms with Crippen molar-refractivity contribution in [3.8, 4) is 11.1 Å². The van der Waals surface area contributed by atoms with E-state index in [9.17, 15) is 43.9 Å². The Morgan fingerprint density at radius 3 is 1.50 bits per heavy atom. The lowest BCUT2D eigenvalue weighted by Gasteiger charge is -2.33. The van der Waals surface area contributed by atoms with Crippen molar-refractivity contribution in [3.05, 3.63) is 58.7 Å². The molecule has 0 heterocycles. The van der Waals surface area contributed by atoms with E-state index < -0.39 is 46.5 Å². The van der Waals surface area contributed by atoms with E-state index in [4.69, 9.17) is 0 Å². The summed E-state index contributed by atoms with van der Waals surface area (Å²) in [7, 11) is 0. The van der Waals surface area contributed by atoms with Crippen molar-refractivity contribution in [2.24, 2.45) is 0 Å². The minimum absolute atomic E-state index is 0.0707. The molecule has 2 aromatic carbocycles. The van der Waals surface area contributed by atoms with Gasteiger partial charge in [-0.25, -0.2) is 4.39 Å². The van der Waals surface area contributed by atoms with Crippen LogP contribution in [0.5, 0.6) is 0 Å². The molecule has 0 saturated carbocycles. The number of aryl methyl sites for hydroxylation is 2. The SMILES string of the molecule is Cc1cc(C)c(-c2ccc(C(F)(F)F)cc2)c(C(F)(C(F)(F)F)C(F)(F)F)c1. The smallest absolute Gasteiger partial charge is 0.218 e. The van der Waals surface area contributed by atoms with E-state index in [1.54, 1.807) is 0 Å². The van der Waals surface area contributed by atoms with Gasteiger partial charge < -0.3 is 0 Å². The van der Waals surface area contributed by atoms with E-state index in [0.29, 0.717) is 30.3 Å². The van der Waals surface area contributed by atoms with Gasteiger partial charge in [0.15, 0.2) is 0 Å². The van der Waals surface area contributed by atoms with Gasteiger partial charge in [0.05, 0.1) is 5.56 Å². The molecule has 0 aliphatic carbocycles. The first-order valence-electron chi connectivity index (χ1n) is 7.62. The number of benzene rings is 2. The van der Waals surface area contributed by atoms with Crippen LogP contribution in [0.15, 0.2) is 36.4 Å². The molecule has 0 fully saturated rings. The van der Waals surface area contributed by atoms with E-state index in [1.165, 1.54) is 13.0 Å². The number of alkyl halides is 10. The second-order valence-electron chi connectivity index (χ2n) is 6.23. The van der Waals surface area contributed by atoms with Gasteiger partial charge in [-0.3, -0.25) is 0 Å². The van der Waals surface area contributed by atoms with Crippen LogP contribution in [-0.2, 0) is 11.8 Å². The Balaban J connectivity index is 2.85. The summed E-state index contributed by atoms with van der Waals surface area (Å²) in [4.78, 5) is 0. The Morgan fingerprint density at radius 1 is 0.643 bits per heavy atom. The molecule has 0 N–H and O–H groups in total. The molecule has 0 nitrogen and oxygen atoms in total. The third-order valence-corrected chi connectivity index (χ3v) is 4.13. The quantitative estimate of drug-likeness (QED) is 0.450. The second-order valence-corrected chi connectivity index (χ2v) is 6.23. The zero-order valence-electron chi connectivity index (χ0n) is 14.2. The molecule has 10 heteroatoms. The first-order valence-corrected chi connectivity index (χ1v) is 7.62. The van der Waals surface area contributed by atoms with Gasteiger partial charge in [0.25, 0.3) is 0 Å². The van der Waals surface area contributed by atoms with Gasteiger partial charge in [-0.1, -0.05) is 29.8 Å². The van der Waals surface area contributed by atoms with Crippen LogP contribution >= 0.6 is 0 Å². The molecule has 2 rings (SSSR count). The summed E-state index contributed by atoms with van der Waals surface area (Å²) in [6.45, 7) is 2.33. The van der Waals surface area contributed by atoms with Crippen LogP contribution in [0.25, 0.3) is 11.1 Å². The molecule has 0 radical (unpaired) electrons. The van der Waals surface area contributed by atoms with E-state index in [2.05, 4.69) is 0 Å². The highest BCUT2D eigenvalue weighted by atomic mass is 19.4. The molecule has 0 aliphatic rings. The fourth-order valence-corrected chi connectivity index (χ4v) is 2.91. The minimum atomic E-state index is -6.34. The summed E-state index contributed by atoms with van der Waals surface area (Å²) in [6, 6.07) is 4.03. The molecule has 0 aromatic heterocycles. The minimum Gasteiger partial charge on any atom is -0.218 e. The zero-order valence-corrected chi connectivity index (χ0v) is 14.2. The van der Waals surface area contributed by atoms with Crippen LogP contribution in [-0.4, -0.2) is 12.4 Å². The molecule has 0 unspecified atom stereocenters. The standard InChI is InChI=1S/C18H12F10/c1-9-7-10(2)14(11-3-5-12(6-4-11)16(20,21)22)13(8-9)15(19,17(23,24)25)18(26,27)28/h3-8H,1-2H3. The highest BCUT2D eigenvalue weighted by Crippen LogP contribution is 2.56. The monoisotopic (exact) mass is 418 g/mol. The predicted octanol–water partition coefficient (Wildman–Crippen LogP) is 7.28. The number of hydrogen-bond acceptors (Lipinski definition) is 0. The first-order chi connectivity index (χ1) is 12.5.